The molecule has 3 rings (SSSR count). The summed E-state index contributed by atoms with van der Waals surface area (Å²) in [6.45, 7) is 1.98. The van der Waals surface area contributed by atoms with Crippen molar-refractivity contribution in [3.8, 4) is 11.8 Å². The smallest absolute Gasteiger partial charge is 0.412 e. The van der Waals surface area contributed by atoms with E-state index in [4.69, 9.17) is 25.6 Å². The number of anilines is 3. The fraction of sp³-hybridized carbons (Fsp3) is 0.233. The molecule has 0 aromatic heterocycles. The van der Waals surface area contributed by atoms with Gasteiger partial charge in [-0.1, -0.05) is 37.3 Å². The van der Waals surface area contributed by atoms with Crippen LogP contribution in [0.5, 0.6) is 5.75 Å². The second-order valence-corrected chi connectivity index (χ2v) is 8.82. The molecule has 0 aliphatic heterocycles. The molecular formula is C30H32N4O5. The van der Waals surface area contributed by atoms with E-state index in [-0.39, 0.29) is 25.0 Å². The number of amides is 2. The van der Waals surface area contributed by atoms with Gasteiger partial charge in [0.25, 0.3) is 0 Å². The van der Waals surface area contributed by atoms with Crippen LogP contribution in [-0.2, 0) is 9.53 Å². The number of allylic oxidation sites excluding steroid dienone is 1. The van der Waals surface area contributed by atoms with Crippen LogP contribution in [-0.4, -0.2) is 30.3 Å². The van der Waals surface area contributed by atoms with Crippen molar-refractivity contribution in [2.45, 2.75) is 25.9 Å². The zero-order valence-corrected chi connectivity index (χ0v) is 21.7. The highest BCUT2D eigenvalue weighted by Crippen LogP contribution is 2.32. The quantitative estimate of drug-likeness (QED) is 0.181. The summed E-state index contributed by atoms with van der Waals surface area (Å²) in [5, 5.41) is 23.5. The summed E-state index contributed by atoms with van der Waals surface area (Å²) in [6.07, 6.45) is 3.14. The third-order valence-electron chi connectivity index (χ3n) is 5.83. The first kappa shape index (κ1) is 28.8. The van der Waals surface area contributed by atoms with Crippen LogP contribution in [0.15, 0.2) is 84.9 Å². The van der Waals surface area contributed by atoms with Crippen molar-refractivity contribution in [3.05, 3.63) is 96.1 Å². The van der Waals surface area contributed by atoms with E-state index in [0.717, 1.165) is 5.56 Å². The van der Waals surface area contributed by atoms with Gasteiger partial charge in [-0.3, -0.25) is 10.1 Å². The predicted octanol–water partition coefficient (Wildman–Crippen LogP) is 5.41. The summed E-state index contributed by atoms with van der Waals surface area (Å²) in [5.41, 5.74) is 8.61. The Balaban J connectivity index is 1.66. The number of nitrogens with one attached hydrogen (secondary N) is 2. The van der Waals surface area contributed by atoms with Gasteiger partial charge >= 0.3 is 6.09 Å². The first-order chi connectivity index (χ1) is 18.9. The average Bonchev–Trinajstić information content (AvgIpc) is 2.94. The van der Waals surface area contributed by atoms with Gasteiger partial charge in [0.1, 0.15) is 18.5 Å². The Hall–Kier alpha value is -4.81. The van der Waals surface area contributed by atoms with Gasteiger partial charge in [-0.15, -0.1) is 0 Å². The highest BCUT2D eigenvalue weighted by atomic mass is 16.6. The van der Waals surface area contributed by atoms with Gasteiger partial charge < -0.3 is 25.6 Å². The minimum absolute atomic E-state index is 0.121. The molecule has 0 spiro atoms. The lowest BCUT2D eigenvalue weighted by molar-refractivity contribution is -0.111. The maximum atomic E-state index is 12.8. The molecule has 2 amide bonds. The third-order valence-corrected chi connectivity index (χ3v) is 5.83. The Bertz CT molecular complexity index is 1320. The Kier molecular flexibility index (Phi) is 10.9. The number of hydrogen-bond donors (Lipinski definition) is 4. The van der Waals surface area contributed by atoms with Crippen molar-refractivity contribution in [2.75, 3.05) is 29.6 Å². The van der Waals surface area contributed by atoms with Crippen LogP contribution >= 0.6 is 0 Å². The summed E-state index contributed by atoms with van der Waals surface area (Å²) in [5.74, 6) is 0.137. The molecule has 0 saturated carbocycles. The molecule has 9 heteroatoms. The average molecular weight is 529 g/mol. The van der Waals surface area contributed by atoms with E-state index in [1.165, 1.54) is 6.08 Å². The Morgan fingerprint density at radius 2 is 1.85 bits per heavy atom. The number of nitrogens with two attached hydrogens (primary N) is 1. The summed E-state index contributed by atoms with van der Waals surface area (Å²) in [6, 6.07) is 22.7. The molecule has 0 saturated heterocycles. The molecule has 0 bridgehead atoms. The van der Waals surface area contributed by atoms with E-state index in [2.05, 4.69) is 10.6 Å². The molecule has 2 atom stereocenters. The van der Waals surface area contributed by atoms with Gasteiger partial charge in [-0.2, -0.15) is 5.26 Å². The maximum absolute atomic E-state index is 12.8. The molecule has 0 heterocycles. The molecule has 0 radical (unpaired) electrons. The number of benzene rings is 3. The van der Waals surface area contributed by atoms with E-state index < -0.39 is 12.2 Å². The zero-order valence-electron chi connectivity index (χ0n) is 21.7. The minimum atomic E-state index is -0.645. The molecule has 5 N–H and O–H groups in total. The van der Waals surface area contributed by atoms with Crippen LogP contribution in [0.3, 0.4) is 0 Å². The summed E-state index contributed by atoms with van der Waals surface area (Å²) in [4.78, 5) is 25.1. The zero-order chi connectivity index (χ0) is 28.0. The highest BCUT2D eigenvalue weighted by Gasteiger charge is 2.24. The standard InChI is InChI=1S/C30H32N4O5/c1-21(7-2-5-12-28(36)34-27-11-4-3-10-26(27)32)29(23-8-6-9-25(19-23)38-18-17-35)39-30(37)33-24-15-13-22(20-31)14-16-24/h3-6,8-16,19,21,29,35H,2,7,17-18,32H2,1H3,(H,33,37)(H,34,36)/b12-5+/t21-,29+/m0/s1. The van der Waals surface area contributed by atoms with Gasteiger partial charge in [-0.05, 0) is 78.9 Å². The van der Waals surface area contributed by atoms with Crippen LogP contribution in [0.2, 0.25) is 0 Å². The second kappa shape index (κ2) is 14.8. The van der Waals surface area contributed by atoms with Crippen LogP contribution < -0.4 is 21.1 Å². The molecule has 202 valence electrons. The van der Waals surface area contributed by atoms with Crippen molar-refractivity contribution < 1.29 is 24.2 Å². The Labute approximate surface area is 227 Å². The number of nitrogens with zero attached hydrogens (tertiary/aromatic N) is 1. The molecule has 0 aliphatic carbocycles. The first-order valence-corrected chi connectivity index (χ1v) is 12.5. The summed E-state index contributed by atoms with van der Waals surface area (Å²) >= 11 is 0. The number of rotatable bonds is 12. The Morgan fingerprint density at radius 3 is 2.56 bits per heavy atom. The number of carbonyl (C=O) groups excluding carboxylic acids is 2. The molecule has 0 aliphatic rings. The highest BCUT2D eigenvalue weighted by molar-refractivity contribution is 6.01. The SMILES string of the molecule is C[C@@H](CC/C=C/C(=O)Nc1ccccc1N)[C@@H](OC(=O)Nc1ccc(C#N)cc1)c1cccc(OCCO)c1. The van der Waals surface area contributed by atoms with Crippen molar-refractivity contribution >= 4 is 29.1 Å². The number of hydrogen-bond acceptors (Lipinski definition) is 7. The van der Waals surface area contributed by atoms with Crippen LogP contribution in [0.1, 0.15) is 37.0 Å². The topological polar surface area (TPSA) is 147 Å². The molecule has 9 nitrogen and oxygen atoms in total. The van der Waals surface area contributed by atoms with E-state index in [1.54, 1.807) is 72.8 Å². The lowest BCUT2D eigenvalue weighted by Gasteiger charge is -2.25. The van der Waals surface area contributed by atoms with Gasteiger partial charge in [0.15, 0.2) is 0 Å². The number of nitrogen functional groups attached to an aromatic ring is 1. The van der Waals surface area contributed by atoms with E-state index >= 15 is 0 Å². The number of aliphatic hydroxyl groups excluding tert-OH is 1. The van der Waals surface area contributed by atoms with Crippen LogP contribution in [0.4, 0.5) is 21.9 Å². The summed E-state index contributed by atoms with van der Waals surface area (Å²) < 4.78 is 11.4. The third kappa shape index (κ3) is 9.22. The van der Waals surface area contributed by atoms with Crippen LogP contribution in [0, 0.1) is 17.2 Å². The lowest BCUT2D eigenvalue weighted by Crippen LogP contribution is -2.22. The van der Waals surface area contributed by atoms with E-state index in [9.17, 15) is 9.59 Å². The van der Waals surface area contributed by atoms with Crippen LogP contribution in [0.25, 0.3) is 0 Å². The van der Waals surface area contributed by atoms with Crippen molar-refractivity contribution in [3.63, 3.8) is 0 Å². The van der Waals surface area contributed by atoms with Crippen molar-refractivity contribution in [1.82, 2.24) is 0 Å². The van der Waals surface area contributed by atoms with E-state index in [0.29, 0.717) is 41.2 Å². The van der Waals surface area contributed by atoms with Gasteiger partial charge in [0, 0.05) is 5.69 Å². The molecule has 3 aromatic rings. The summed E-state index contributed by atoms with van der Waals surface area (Å²) in [7, 11) is 0. The number of para-hydroxylation sites is 2. The van der Waals surface area contributed by atoms with Gasteiger partial charge in [0.05, 0.1) is 29.6 Å². The van der Waals surface area contributed by atoms with Crippen molar-refractivity contribution in [2.24, 2.45) is 5.92 Å². The monoisotopic (exact) mass is 528 g/mol. The largest absolute Gasteiger partial charge is 0.491 e. The molecular weight excluding hydrogens is 496 g/mol. The van der Waals surface area contributed by atoms with E-state index in [1.807, 2.05) is 19.1 Å². The predicted molar refractivity (Wildman–Crippen MR) is 150 cm³/mol. The number of carbonyl (C=O) groups is 2. The molecule has 0 fully saturated rings. The fourth-order valence-electron chi connectivity index (χ4n) is 3.83. The molecule has 0 unspecified atom stereocenters. The number of aliphatic hydroxyl groups is 1. The first-order valence-electron chi connectivity index (χ1n) is 12.5. The fourth-order valence-corrected chi connectivity index (χ4v) is 3.83. The molecule has 39 heavy (non-hydrogen) atoms. The number of ether oxygens (including phenoxy) is 2. The lowest BCUT2D eigenvalue weighted by atomic mass is 9.93. The molecule has 3 aromatic carbocycles. The maximum Gasteiger partial charge on any atom is 0.412 e. The van der Waals surface area contributed by atoms with Gasteiger partial charge in [-0.25, -0.2) is 4.79 Å². The number of nitriles is 1. The van der Waals surface area contributed by atoms with Crippen molar-refractivity contribution in [1.29, 1.82) is 5.26 Å². The minimum Gasteiger partial charge on any atom is -0.491 e. The van der Waals surface area contributed by atoms with Gasteiger partial charge in [0.2, 0.25) is 5.91 Å². The Morgan fingerprint density at radius 1 is 1.08 bits per heavy atom. The normalized spacial score (nSPS) is 12.2. The second-order valence-electron chi connectivity index (χ2n) is 8.82.